The summed E-state index contributed by atoms with van der Waals surface area (Å²) in [6, 6.07) is 4.29. The molecule has 0 atom stereocenters. The summed E-state index contributed by atoms with van der Waals surface area (Å²) in [7, 11) is 1.36. The Morgan fingerprint density at radius 2 is 2.20 bits per heavy atom. The van der Waals surface area contributed by atoms with E-state index in [0.29, 0.717) is 16.8 Å². The van der Waals surface area contributed by atoms with Crippen LogP contribution < -0.4 is 10.3 Å². The molecule has 128 valence electrons. The van der Waals surface area contributed by atoms with E-state index in [2.05, 4.69) is 10.1 Å². The van der Waals surface area contributed by atoms with Crippen molar-refractivity contribution in [2.24, 2.45) is 0 Å². The monoisotopic (exact) mass is 343 g/mol. The highest BCUT2D eigenvalue weighted by Gasteiger charge is 2.34. The Hall–Kier alpha value is -3.16. The number of halogens is 1. The summed E-state index contributed by atoms with van der Waals surface area (Å²) in [6.45, 7) is 0. The van der Waals surface area contributed by atoms with E-state index in [1.54, 1.807) is 6.07 Å². The van der Waals surface area contributed by atoms with Crippen molar-refractivity contribution in [2.45, 2.75) is 18.8 Å². The second kappa shape index (κ2) is 5.44. The van der Waals surface area contributed by atoms with Gasteiger partial charge in [-0.15, -0.1) is 0 Å². The topological polar surface area (TPSA) is 96.7 Å². The minimum atomic E-state index is -1.16. The second-order valence-electron chi connectivity index (χ2n) is 5.98. The van der Waals surface area contributed by atoms with Gasteiger partial charge in [0.2, 0.25) is 0 Å². The maximum atomic E-state index is 13.9. The quantitative estimate of drug-likeness (QED) is 0.758. The highest BCUT2D eigenvalue weighted by atomic mass is 19.1. The average molecular weight is 343 g/mol. The lowest BCUT2D eigenvalue weighted by atomic mass is 10.1. The molecule has 0 saturated heterocycles. The lowest BCUT2D eigenvalue weighted by Crippen LogP contribution is -2.12. The molecule has 3 aromatic rings. The lowest BCUT2D eigenvalue weighted by Gasteiger charge is -2.06. The van der Waals surface area contributed by atoms with Gasteiger partial charge in [0, 0.05) is 11.1 Å². The molecule has 1 saturated carbocycles. The summed E-state index contributed by atoms with van der Waals surface area (Å²) in [4.78, 5) is 26.7. The van der Waals surface area contributed by atoms with E-state index in [-0.39, 0.29) is 22.9 Å². The van der Waals surface area contributed by atoms with Gasteiger partial charge in [0.1, 0.15) is 5.52 Å². The molecule has 0 aliphatic heterocycles. The Labute approximate surface area is 140 Å². The number of rotatable bonds is 4. The van der Waals surface area contributed by atoms with Crippen LogP contribution in [0.2, 0.25) is 0 Å². The largest absolute Gasteiger partial charge is 0.494 e. The van der Waals surface area contributed by atoms with Crippen LogP contribution in [0, 0.1) is 5.82 Å². The molecule has 0 bridgehead atoms. The van der Waals surface area contributed by atoms with Gasteiger partial charge in [-0.3, -0.25) is 4.79 Å². The highest BCUT2D eigenvalue weighted by Crippen LogP contribution is 2.43. The number of ether oxygens (including phenoxy) is 1. The van der Waals surface area contributed by atoms with Crippen molar-refractivity contribution >= 4 is 11.5 Å². The first-order valence-electron chi connectivity index (χ1n) is 7.72. The molecule has 8 heteroatoms. The molecule has 2 heterocycles. The third-order valence-electron chi connectivity index (χ3n) is 4.31. The molecule has 1 aliphatic rings. The van der Waals surface area contributed by atoms with Gasteiger partial charge in [0.15, 0.2) is 17.3 Å². The van der Waals surface area contributed by atoms with Crippen LogP contribution in [0.5, 0.6) is 5.75 Å². The van der Waals surface area contributed by atoms with Gasteiger partial charge in [0.25, 0.3) is 5.56 Å². The number of H-pyrrole nitrogens is 1. The zero-order valence-electron chi connectivity index (χ0n) is 13.2. The number of aromatic amines is 1. The number of carbonyl (C=O) groups is 1. The molecule has 1 aliphatic carbocycles. The number of methoxy groups -OCH3 is 1. The molecule has 2 N–H and O–H groups in total. The van der Waals surface area contributed by atoms with E-state index >= 15 is 0 Å². The lowest BCUT2D eigenvalue weighted by molar-refractivity contribution is 0.0689. The Morgan fingerprint density at radius 1 is 1.44 bits per heavy atom. The van der Waals surface area contributed by atoms with Crippen LogP contribution in [0.15, 0.2) is 29.2 Å². The molecule has 0 unspecified atom stereocenters. The molecule has 7 nitrogen and oxygen atoms in total. The van der Waals surface area contributed by atoms with Crippen molar-refractivity contribution in [2.75, 3.05) is 7.11 Å². The number of nitrogens with one attached hydrogen (secondary N) is 1. The number of fused-ring (bicyclic) bond motifs is 1. The second-order valence-corrected chi connectivity index (χ2v) is 5.98. The van der Waals surface area contributed by atoms with Gasteiger partial charge in [0.05, 0.1) is 19.0 Å². The fourth-order valence-corrected chi connectivity index (χ4v) is 3.00. The SMILES string of the molecule is COc1ccc(-c2cn3nc(C(=O)O)c(C4CC4)c3c(=O)[nH]2)cc1F. The predicted molar refractivity (Wildman–Crippen MR) is 86.7 cm³/mol. The zero-order valence-corrected chi connectivity index (χ0v) is 13.2. The van der Waals surface area contributed by atoms with Crippen molar-refractivity contribution < 1.29 is 19.0 Å². The molecule has 1 fully saturated rings. The summed E-state index contributed by atoms with van der Waals surface area (Å²) >= 11 is 0. The summed E-state index contributed by atoms with van der Waals surface area (Å²) in [5, 5.41) is 13.4. The first kappa shape index (κ1) is 15.4. The van der Waals surface area contributed by atoms with E-state index < -0.39 is 17.3 Å². The van der Waals surface area contributed by atoms with E-state index in [1.807, 2.05) is 0 Å². The van der Waals surface area contributed by atoms with Crippen LogP contribution >= 0.6 is 0 Å². The van der Waals surface area contributed by atoms with Crippen LogP contribution in [0.3, 0.4) is 0 Å². The fraction of sp³-hybridized carbons (Fsp3) is 0.235. The molecule has 0 amide bonds. The normalized spacial score (nSPS) is 14.0. The minimum Gasteiger partial charge on any atom is -0.494 e. The maximum absolute atomic E-state index is 13.9. The first-order chi connectivity index (χ1) is 12.0. The Morgan fingerprint density at radius 3 is 2.80 bits per heavy atom. The van der Waals surface area contributed by atoms with E-state index in [1.165, 1.54) is 30.0 Å². The molecule has 1 aromatic carbocycles. The van der Waals surface area contributed by atoms with E-state index in [0.717, 1.165) is 12.8 Å². The number of hydrogen-bond donors (Lipinski definition) is 2. The number of benzene rings is 1. The molecule has 0 radical (unpaired) electrons. The molecular formula is C17H14FN3O4. The van der Waals surface area contributed by atoms with Gasteiger partial charge >= 0.3 is 5.97 Å². The van der Waals surface area contributed by atoms with Gasteiger partial charge in [-0.1, -0.05) is 0 Å². The third kappa shape index (κ3) is 2.46. The van der Waals surface area contributed by atoms with Gasteiger partial charge in [-0.2, -0.15) is 5.10 Å². The molecular weight excluding hydrogens is 329 g/mol. The standard InChI is InChI=1S/C17H14FN3O4/c1-25-12-5-4-9(6-10(12)18)11-7-21-15(16(22)19-11)13(8-2-3-8)14(20-21)17(23)24/h4-8H,2-3H2,1H3,(H,19,22)(H,23,24). The highest BCUT2D eigenvalue weighted by molar-refractivity contribution is 5.90. The van der Waals surface area contributed by atoms with E-state index in [4.69, 9.17) is 4.74 Å². The fourth-order valence-electron chi connectivity index (χ4n) is 3.00. The molecule has 0 spiro atoms. The van der Waals surface area contributed by atoms with Crippen LogP contribution in [-0.2, 0) is 0 Å². The molecule has 25 heavy (non-hydrogen) atoms. The van der Waals surface area contributed by atoms with Crippen LogP contribution in [-0.4, -0.2) is 32.8 Å². The van der Waals surface area contributed by atoms with Gasteiger partial charge in [-0.05, 0) is 37.0 Å². The van der Waals surface area contributed by atoms with Crippen molar-refractivity contribution in [1.82, 2.24) is 14.6 Å². The van der Waals surface area contributed by atoms with Crippen LogP contribution in [0.4, 0.5) is 4.39 Å². The maximum Gasteiger partial charge on any atom is 0.356 e. The zero-order chi connectivity index (χ0) is 17.7. The summed E-state index contributed by atoms with van der Waals surface area (Å²) in [5.74, 6) is -1.59. The number of aromatic carboxylic acids is 1. The van der Waals surface area contributed by atoms with Crippen molar-refractivity contribution in [3.63, 3.8) is 0 Å². The van der Waals surface area contributed by atoms with Crippen molar-refractivity contribution in [3.05, 3.63) is 51.8 Å². The number of carboxylic acids is 1. The number of aromatic nitrogens is 3. The van der Waals surface area contributed by atoms with E-state index in [9.17, 15) is 19.1 Å². The van der Waals surface area contributed by atoms with Gasteiger partial charge < -0.3 is 14.8 Å². The summed E-state index contributed by atoms with van der Waals surface area (Å²) in [5.41, 5.74) is 0.916. The Kier molecular flexibility index (Phi) is 3.34. The Bertz CT molecular complexity index is 1070. The summed E-state index contributed by atoms with van der Waals surface area (Å²) < 4.78 is 20.1. The smallest absolute Gasteiger partial charge is 0.356 e. The van der Waals surface area contributed by atoms with Gasteiger partial charge in [-0.25, -0.2) is 13.7 Å². The summed E-state index contributed by atoms with van der Waals surface area (Å²) in [6.07, 6.45) is 3.18. The first-order valence-corrected chi connectivity index (χ1v) is 7.72. The third-order valence-corrected chi connectivity index (χ3v) is 4.31. The molecule has 2 aromatic heterocycles. The number of carboxylic acid groups (broad SMARTS) is 1. The van der Waals surface area contributed by atoms with Crippen LogP contribution in [0.1, 0.15) is 34.8 Å². The molecule has 4 rings (SSSR count). The number of hydrogen-bond acceptors (Lipinski definition) is 4. The van der Waals surface area contributed by atoms with Crippen molar-refractivity contribution in [3.8, 4) is 17.0 Å². The van der Waals surface area contributed by atoms with Crippen LogP contribution in [0.25, 0.3) is 16.8 Å². The number of nitrogens with zero attached hydrogens (tertiary/aromatic N) is 2. The predicted octanol–water partition coefficient (Wildman–Crippen LogP) is 2.41. The average Bonchev–Trinajstić information content (AvgIpc) is 3.34. The van der Waals surface area contributed by atoms with Crippen molar-refractivity contribution in [1.29, 1.82) is 0 Å². The minimum absolute atomic E-state index is 0.0500. The Balaban J connectivity index is 1.92.